The summed E-state index contributed by atoms with van der Waals surface area (Å²) >= 11 is 0. The van der Waals surface area contributed by atoms with Crippen LogP contribution < -0.4 is 5.32 Å². The third kappa shape index (κ3) is 4.12. The molecule has 1 unspecified atom stereocenters. The van der Waals surface area contributed by atoms with E-state index in [1.165, 1.54) is 51.7 Å². The summed E-state index contributed by atoms with van der Waals surface area (Å²) < 4.78 is 0. The van der Waals surface area contributed by atoms with Crippen LogP contribution >= 0.6 is 0 Å². The van der Waals surface area contributed by atoms with Gasteiger partial charge in [0.15, 0.2) is 0 Å². The summed E-state index contributed by atoms with van der Waals surface area (Å²) in [4.78, 5) is 2.75. The second-order valence-electron chi connectivity index (χ2n) is 4.83. The maximum Gasteiger partial charge on any atom is 0.0122 e. The molecule has 15 heavy (non-hydrogen) atoms. The van der Waals surface area contributed by atoms with Crippen molar-refractivity contribution in [3.63, 3.8) is 0 Å². The Labute approximate surface area is 95.4 Å². The van der Waals surface area contributed by atoms with E-state index in [2.05, 4.69) is 31.0 Å². The van der Waals surface area contributed by atoms with E-state index in [4.69, 9.17) is 0 Å². The van der Waals surface area contributed by atoms with E-state index in [1.807, 2.05) is 0 Å². The van der Waals surface area contributed by atoms with Gasteiger partial charge in [0.1, 0.15) is 0 Å². The first kappa shape index (κ1) is 13.0. The van der Waals surface area contributed by atoms with Crippen LogP contribution in [0, 0.1) is 0 Å². The molecule has 0 bridgehead atoms. The van der Waals surface area contributed by atoms with Gasteiger partial charge in [-0.2, -0.15) is 0 Å². The standard InChI is InChI=1S/C13H28N2/c1-4-6-11-15(12(3)5-2)13-7-9-14-10-8-13/h12-14H,4-11H2,1-3H3. The van der Waals surface area contributed by atoms with Crippen molar-refractivity contribution >= 4 is 0 Å². The van der Waals surface area contributed by atoms with Crippen LogP contribution in [-0.4, -0.2) is 36.6 Å². The average Bonchev–Trinajstić information content (AvgIpc) is 2.30. The van der Waals surface area contributed by atoms with Crippen molar-refractivity contribution in [3.05, 3.63) is 0 Å². The Morgan fingerprint density at radius 1 is 1.27 bits per heavy atom. The van der Waals surface area contributed by atoms with E-state index in [-0.39, 0.29) is 0 Å². The molecule has 1 N–H and O–H groups in total. The molecule has 1 rings (SSSR count). The molecule has 0 aromatic heterocycles. The normalized spacial score (nSPS) is 20.8. The Bertz CT molecular complexity index is 153. The number of hydrogen-bond donors (Lipinski definition) is 1. The number of rotatable bonds is 6. The molecule has 0 saturated carbocycles. The molecule has 1 aliphatic rings. The van der Waals surface area contributed by atoms with Crippen molar-refractivity contribution < 1.29 is 0 Å². The van der Waals surface area contributed by atoms with Gasteiger partial charge in [0, 0.05) is 12.1 Å². The van der Waals surface area contributed by atoms with Crippen molar-refractivity contribution in [3.8, 4) is 0 Å². The maximum absolute atomic E-state index is 3.46. The van der Waals surface area contributed by atoms with Gasteiger partial charge in [0.25, 0.3) is 0 Å². The van der Waals surface area contributed by atoms with Crippen LogP contribution in [0.25, 0.3) is 0 Å². The summed E-state index contributed by atoms with van der Waals surface area (Å²) in [5.74, 6) is 0. The third-order valence-electron chi connectivity index (χ3n) is 3.70. The second kappa shape index (κ2) is 7.24. The Hall–Kier alpha value is -0.0800. The quantitative estimate of drug-likeness (QED) is 0.728. The number of unbranched alkanes of at least 4 members (excludes halogenated alkanes) is 1. The van der Waals surface area contributed by atoms with Crippen LogP contribution in [0.3, 0.4) is 0 Å². The fourth-order valence-electron chi connectivity index (χ4n) is 2.48. The summed E-state index contributed by atoms with van der Waals surface area (Å²) in [5.41, 5.74) is 0. The van der Waals surface area contributed by atoms with E-state index in [0.29, 0.717) is 0 Å². The molecule has 0 aromatic carbocycles. The van der Waals surface area contributed by atoms with Gasteiger partial charge in [-0.25, -0.2) is 0 Å². The van der Waals surface area contributed by atoms with E-state index in [1.54, 1.807) is 0 Å². The highest BCUT2D eigenvalue weighted by Gasteiger charge is 2.23. The van der Waals surface area contributed by atoms with Crippen molar-refractivity contribution in [2.24, 2.45) is 0 Å². The molecule has 1 atom stereocenters. The first-order valence-electron chi connectivity index (χ1n) is 6.76. The zero-order valence-corrected chi connectivity index (χ0v) is 10.8. The highest BCUT2D eigenvalue weighted by Crippen LogP contribution is 2.17. The molecule has 1 heterocycles. The Morgan fingerprint density at radius 3 is 2.47 bits per heavy atom. The number of hydrogen-bond acceptors (Lipinski definition) is 2. The summed E-state index contributed by atoms with van der Waals surface area (Å²) in [7, 11) is 0. The van der Waals surface area contributed by atoms with Gasteiger partial charge in [-0.15, -0.1) is 0 Å². The van der Waals surface area contributed by atoms with E-state index < -0.39 is 0 Å². The molecule has 0 amide bonds. The molecule has 0 aliphatic carbocycles. The molecule has 0 radical (unpaired) electrons. The summed E-state index contributed by atoms with van der Waals surface area (Å²) in [6, 6.07) is 1.60. The SMILES string of the molecule is CCCCN(C(C)CC)C1CCNCC1. The molecule has 2 heteroatoms. The minimum atomic E-state index is 0.764. The van der Waals surface area contributed by atoms with Crippen molar-refractivity contribution in [1.29, 1.82) is 0 Å². The summed E-state index contributed by atoms with van der Waals surface area (Å²) in [5, 5.41) is 3.46. The lowest BCUT2D eigenvalue weighted by Gasteiger charge is -2.38. The van der Waals surface area contributed by atoms with Crippen molar-refractivity contribution in [1.82, 2.24) is 10.2 Å². The van der Waals surface area contributed by atoms with Crippen LogP contribution in [0.4, 0.5) is 0 Å². The van der Waals surface area contributed by atoms with Gasteiger partial charge in [-0.1, -0.05) is 20.3 Å². The lowest BCUT2D eigenvalue weighted by Crippen LogP contribution is -2.47. The van der Waals surface area contributed by atoms with Crippen LogP contribution in [-0.2, 0) is 0 Å². The van der Waals surface area contributed by atoms with Crippen molar-refractivity contribution in [2.75, 3.05) is 19.6 Å². The lowest BCUT2D eigenvalue weighted by molar-refractivity contribution is 0.112. The van der Waals surface area contributed by atoms with Crippen LogP contribution in [0.2, 0.25) is 0 Å². The minimum Gasteiger partial charge on any atom is -0.317 e. The number of nitrogens with zero attached hydrogens (tertiary/aromatic N) is 1. The van der Waals surface area contributed by atoms with Crippen molar-refractivity contribution in [2.45, 2.75) is 65.0 Å². The van der Waals surface area contributed by atoms with E-state index in [0.717, 1.165) is 12.1 Å². The molecule has 1 saturated heterocycles. The zero-order valence-electron chi connectivity index (χ0n) is 10.8. The molecule has 2 nitrogen and oxygen atoms in total. The molecule has 1 aliphatic heterocycles. The second-order valence-corrected chi connectivity index (χ2v) is 4.83. The molecule has 0 aromatic rings. The predicted octanol–water partition coefficient (Wildman–Crippen LogP) is 2.64. The van der Waals surface area contributed by atoms with E-state index >= 15 is 0 Å². The van der Waals surface area contributed by atoms with E-state index in [9.17, 15) is 0 Å². The fourth-order valence-corrected chi connectivity index (χ4v) is 2.48. The Kier molecular flexibility index (Phi) is 6.26. The summed E-state index contributed by atoms with van der Waals surface area (Å²) in [6.45, 7) is 10.7. The lowest BCUT2D eigenvalue weighted by atomic mass is 10.0. The molecular weight excluding hydrogens is 184 g/mol. The largest absolute Gasteiger partial charge is 0.317 e. The van der Waals surface area contributed by atoms with Gasteiger partial charge in [0.2, 0.25) is 0 Å². The number of piperidine rings is 1. The minimum absolute atomic E-state index is 0.764. The average molecular weight is 212 g/mol. The third-order valence-corrected chi connectivity index (χ3v) is 3.70. The molecular formula is C13H28N2. The molecule has 1 fully saturated rings. The van der Waals surface area contributed by atoms with Gasteiger partial charge >= 0.3 is 0 Å². The maximum atomic E-state index is 3.46. The smallest absolute Gasteiger partial charge is 0.0122 e. The summed E-state index contributed by atoms with van der Waals surface area (Å²) in [6.07, 6.45) is 6.64. The van der Waals surface area contributed by atoms with Gasteiger partial charge < -0.3 is 5.32 Å². The van der Waals surface area contributed by atoms with Crippen LogP contribution in [0.15, 0.2) is 0 Å². The van der Waals surface area contributed by atoms with Crippen LogP contribution in [0.1, 0.15) is 52.9 Å². The van der Waals surface area contributed by atoms with Crippen LogP contribution in [0.5, 0.6) is 0 Å². The molecule has 0 spiro atoms. The first-order valence-corrected chi connectivity index (χ1v) is 6.76. The fraction of sp³-hybridized carbons (Fsp3) is 1.00. The highest BCUT2D eigenvalue weighted by molar-refractivity contribution is 4.80. The number of nitrogens with one attached hydrogen (secondary N) is 1. The van der Waals surface area contributed by atoms with Gasteiger partial charge in [-0.3, -0.25) is 4.90 Å². The van der Waals surface area contributed by atoms with Gasteiger partial charge in [-0.05, 0) is 52.2 Å². The van der Waals surface area contributed by atoms with Gasteiger partial charge in [0.05, 0.1) is 0 Å². The Balaban J connectivity index is 2.45. The first-order chi connectivity index (χ1) is 7.29. The monoisotopic (exact) mass is 212 g/mol. The molecule has 90 valence electrons. The zero-order chi connectivity index (χ0) is 11.1. The Morgan fingerprint density at radius 2 is 1.93 bits per heavy atom. The highest BCUT2D eigenvalue weighted by atomic mass is 15.2. The predicted molar refractivity (Wildman–Crippen MR) is 67.3 cm³/mol. The topological polar surface area (TPSA) is 15.3 Å².